The van der Waals surface area contributed by atoms with Crippen LogP contribution in [0.25, 0.3) is 0 Å². The van der Waals surface area contributed by atoms with Gasteiger partial charge in [-0.1, -0.05) is 0 Å². The van der Waals surface area contributed by atoms with Crippen LogP contribution in [0.15, 0.2) is 17.2 Å². The quantitative estimate of drug-likeness (QED) is 0.710. The molecule has 0 spiro atoms. The van der Waals surface area contributed by atoms with Crippen molar-refractivity contribution in [3.8, 4) is 0 Å². The molecule has 6 heteroatoms. The number of aryl methyl sites for hydroxylation is 1. The molecule has 0 saturated heterocycles. The molecule has 1 saturated carbocycles. The van der Waals surface area contributed by atoms with Crippen molar-refractivity contribution in [2.45, 2.75) is 31.7 Å². The van der Waals surface area contributed by atoms with Gasteiger partial charge in [0.05, 0.1) is 0 Å². The number of hydrogen-bond donors (Lipinski definition) is 2. The summed E-state index contributed by atoms with van der Waals surface area (Å²) in [7, 11) is 1.68. The Labute approximate surface area is 105 Å². The first-order valence-corrected chi connectivity index (χ1v) is 6.21. The Balaban J connectivity index is 1.69. The lowest BCUT2D eigenvalue weighted by molar-refractivity contribution is -0.121. The highest BCUT2D eigenvalue weighted by Crippen LogP contribution is 2.18. The van der Waals surface area contributed by atoms with E-state index >= 15 is 0 Å². The predicted molar refractivity (Wildman–Crippen MR) is 68.4 cm³/mol. The molecule has 2 rings (SSSR count). The fourth-order valence-electron chi connectivity index (χ4n) is 1.60. The lowest BCUT2D eigenvalue weighted by Crippen LogP contribution is -2.26. The Morgan fingerprint density at radius 2 is 2.33 bits per heavy atom. The van der Waals surface area contributed by atoms with Crippen molar-refractivity contribution >= 4 is 11.7 Å². The van der Waals surface area contributed by atoms with Crippen LogP contribution in [-0.2, 0) is 11.8 Å². The highest BCUT2D eigenvalue weighted by molar-refractivity contribution is 5.76. The minimum atomic E-state index is -0.153. The van der Waals surface area contributed by atoms with E-state index in [1.54, 1.807) is 19.4 Å². The van der Waals surface area contributed by atoms with Gasteiger partial charge in [-0.25, -0.2) is 4.98 Å². The minimum Gasteiger partial charge on any atom is -0.365 e. The zero-order valence-corrected chi connectivity index (χ0v) is 10.5. The van der Waals surface area contributed by atoms with Gasteiger partial charge in [-0.05, 0) is 19.3 Å². The molecule has 0 bridgehead atoms. The van der Waals surface area contributed by atoms with Crippen molar-refractivity contribution in [2.75, 3.05) is 11.9 Å². The van der Waals surface area contributed by atoms with Crippen LogP contribution < -0.4 is 16.2 Å². The Morgan fingerprint density at radius 1 is 1.56 bits per heavy atom. The normalized spacial score (nSPS) is 14.3. The molecule has 0 radical (unpaired) electrons. The van der Waals surface area contributed by atoms with E-state index in [1.165, 1.54) is 4.57 Å². The Kier molecular flexibility index (Phi) is 3.96. The highest BCUT2D eigenvalue weighted by Gasteiger charge is 2.22. The number of carbonyl (C=O) groups excluding carboxylic acids is 1. The molecular weight excluding hydrogens is 232 g/mol. The van der Waals surface area contributed by atoms with Crippen LogP contribution in [0.1, 0.15) is 25.7 Å². The first-order chi connectivity index (χ1) is 8.66. The smallest absolute Gasteiger partial charge is 0.293 e. The molecule has 0 aromatic carbocycles. The second-order valence-electron chi connectivity index (χ2n) is 4.56. The number of amides is 1. The fraction of sp³-hybridized carbons (Fsp3) is 0.583. The maximum atomic E-state index is 11.6. The van der Waals surface area contributed by atoms with E-state index in [4.69, 9.17) is 0 Å². The van der Waals surface area contributed by atoms with E-state index in [0.29, 0.717) is 31.2 Å². The van der Waals surface area contributed by atoms with E-state index in [2.05, 4.69) is 15.6 Å². The van der Waals surface area contributed by atoms with Gasteiger partial charge >= 0.3 is 0 Å². The molecule has 0 atom stereocenters. The maximum Gasteiger partial charge on any atom is 0.293 e. The van der Waals surface area contributed by atoms with Crippen LogP contribution in [0.5, 0.6) is 0 Å². The van der Waals surface area contributed by atoms with Crippen molar-refractivity contribution < 1.29 is 4.79 Å². The summed E-state index contributed by atoms with van der Waals surface area (Å²) in [6, 6.07) is 0.411. The van der Waals surface area contributed by atoms with Gasteiger partial charge in [0.2, 0.25) is 5.91 Å². The lowest BCUT2D eigenvalue weighted by Gasteiger charge is -2.06. The van der Waals surface area contributed by atoms with Crippen LogP contribution in [0.2, 0.25) is 0 Å². The molecule has 98 valence electrons. The monoisotopic (exact) mass is 250 g/mol. The number of rotatable bonds is 6. The van der Waals surface area contributed by atoms with Crippen LogP contribution in [0.3, 0.4) is 0 Å². The highest BCUT2D eigenvalue weighted by atomic mass is 16.1. The van der Waals surface area contributed by atoms with E-state index < -0.39 is 0 Å². The summed E-state index contributed by atoms with van der Waals surface area (Å²) in [6.07, 6.45) is 6.57. The van der Waals surface area contributed by atoms with E-state index in [9.17, 15) is 9.59 Å². The molecule has 18 heavy (non-hydrogen) atoms. The van der Waals surface area contributed by atoms with E-state index in [0.717, 1.165) is 12.8 Å². The Morgan fingerprint density at radius 3 is 3.06 bits per heavy atom. The number of nitrogens with zero attached hydrogens (tertiary/aromatic N) is 2. The van der Waals surface area contributed by atoms with Gasteiger partial charge in [0.1, 0.15) is 0 Å². The molecule has 0 unspecified atom stereocenters. The number of carbonyl (C=O) groups is 1. The summed E-state index contributed by atoms with van der Waals surface area (Å²) < 4.78 is 1.47. The topological polar surface area (TPSA) is 76.0 Å². The summed E-state index contributed by atoms with van der Waals surface area (Å²) in [5.41, 5.74) is -0.153. The van der Waals surface area contributed by atoms with Crippen LogP contribution in [0, 0.1) is 0 Å². The average molecular weight is 250 g/mol. The van der Waals surface area contributed by atoms with Crippen LogP contribution in [0.4, 0.5) is 5.82 Å². The van der Waals surface area contributed by atoms with Crippen molar-refractivity contribution in [3.05, 3.63) is 22.7 Å². The molecule has 1 fully saturated rings. The summed E-state index contributed by atoms with van der Waals surface area (Å²) in [5.74, 6) is 0.427. The Hall–Kier alpha value is -1.85. The zero-order chi connectivity index (χ0) is 13.0. The molecule has 1 heterocycles. The van der Waals surface area contributed by atoms with Crippen LogP contribution >= 0.6 is 0 Å². The summed E-state index contributed by atoms with van der Waals surface area (Å²) in [4.78, 5) is 27.0. The molecule has 1 aromatic heterocycles. The van der Waals surface area contributed by atoms with Gasteiger partial charge in [-0.3, -0.25) is 9.59 Å². The fourth-order valence-corrected chi connectivity index (χ4v) is 1.60. The van der Waals surface area contributed by atoms with Crippen molar-refractivity contribution in [3.63, 3.8) is 0 Å². The standard InChI is InChI=1S/C12H18N4O2/c1-16-8-7-14-11(12(16)18)13-6-2-3-10(17)15-9-4-5-9/h7-9H,2-6H2,1H3,(H,13,14)(H,15,17). The molecule has 6 nitrogen and oxygen atoms in total. The third kappa shape index (κ3) is 3.58. The molecule has 1 aliphatic rings. The molecular formula is C12H18N4O2. The lowest BCUT2D eigenvalue weighted by atomic mass is 10.3. The molecule has 1 aromatic rings. The van der Waals surface area contributed by atoms with Gasteiger partial charge in [-0.15, -0.1) is 0 Å². The second kappa shape index (κ2) is 5.66. The predicted octanol–water partition coefficient (Wildman–Crippen LogP) is 0.251. The largest absolute Gasteiger partial charge is 0.365 e. The molecule has 1 aliphatic carbocycles. The summed E-state index contributed by atoms with van der Waals surface area (Å²) in [6.45, 7) is 0.574. The first kappa shape index (κ1) is 12.6. The van der Waals surface area contributed by atoms with E-state index in [1.807, 2.05) is 0 Å². The number of anilines is 1. The average Bonchev–Trinajstić information content (AvgIpc) is 3.13. The van der Waals surface area contributed by atoms with Gasteiger partial charge in [-0.2, -0.15) is 0 Å². The van der Waals surface area contributed by atoms with Crippen molar-refractivity contribution in [2.24, 2.45) is 7.05 Å². The van der Waals surface area contributed by atoms with Gasteiger partial charge in [0.25, 0.3) is 5.56 Å². The third-order valence-electron chi connectivity index (χ3n) is 2.83. The summed E-state index contributed by atoms with van der Waals surface area (Å²) >= 11 is 0. The van der Waals surface area contributed by atoms with Crippen molar-refractivity contribution in [1.82, 2.24) is 14.9 Å². The molecule has 1 amide bonds. The minimum absolute atomic E-state index is 0.0909. The Bertz CT molecular complexity index is 479. The number of nitrogens with one attached hydrogen (secondary N) is 2. The maximum absolute atomic E-state index is 11.6. The zero-order valence-electron chi connectivity index (χ0n) is 10.5. The molecule has 2 N–H and O–H groups in total. The molecule has 0 aliphatic heterocycles. The third-order valence-corrected chi connectivity index (χ3v) is 2.83. The second-order valence-corrected chi connectivity index (χ2v) is 4.56. The van der Waals surface area contributed by atoms with Crippen molar-refractivity contribution in [1.29, 1.82) is 0 Å². The van der Waals surface area contributed by atoms with E-state index in [-0.39, 0.29) is 11.5 Å². The van der Waals surface area contributed by atoms with Gasteiger partial charge < -0.3 is 15.2 Å². The number of aromatic nitrogens is 2. The van der Waals surface area contributed by atoms with Gasteiger partial charge in [0, 0.05) is 38.4 Å². The SMILES string of the molecule is Cn1ccnc(NCCCC(=O)NC2CC2)c1=O. The number of hydrogen-bond acceptors (Lipinski definition) is 4. The van der Waals surface area contributed by atoms with Crippen LogP contribution in [-0.4, -0.2) is 28.0 Å². The summed E-state index contributed by atoms with van der Waals surface area (Å²) in [5, 5.41) is 5.88. The first-order valence-electron chi connectivity index (χ1n) is 6.21. The van der Waals surface area contributed by atoms with Gasteiger partial charge in [0.15, 0.2) is 5.82 Å².